The summed E-state index contributed by atoms with van der Waals surface area (Å²) in [6.07, 6.45) is 3.62. The number of hydrogen-bond donors (Lipinski definition) is 2. The Morgan fingerprint density at radius 1 is 1.43 bits per heavy atom. The van der Waals surface area contributed by atoms with Crippen molar-refractivity contribution >= 4 is 0 Å². The van der Waals surface area contributed by atoms with Crippen LogP contribution in [0.25, 0.3) is 0 Å². The van der Waals surface area contributed by atoms with Gasteiger partial charge in [0.25, 0.3) is 0 Å². The molecule has 0 aliphatic heterocycles. The molecule has 1 unspecified atom stereocenters. The van der Waals surface area contributed by atoms with E-state index in [-0.39, 0.29) is 5.75 Å². The van der Waals surface area contributed by atoms with Gasteiger partial charge in [-0.05, 0) is 31.5 Å². The summed E-state index contributed by atoms with van der Waals surface area (Å²) in [4.78, 5) is 4.19. The normalized spacial score (nSPS) is 12.7. The number of aromatic hydroxyl groups is 1. The lowest BCUT2D eigenvalue weighted by atomic mass is 10.1. The third-order valence-electron chi connectivity index (χ3n) is 2.18. The number of nitrogens with one attached hydrogen (secondary N) is 1. The number of hydrogen-bond acceptors (Lipinski definition) is 3. The van der Waals surface area contributed by atoms with Gasteiger partial charge in [0.2, 0.25) is 0 Å². The molecular weight excluding hydrogens is 176 g/mol. The summed E-state index contributed by atoms with van der Waals surface area (Å²) in [6, 6.07) is 3.85. The van der Waals surface area contributed by atoms with Crippen molar-refractivity contribution < 1.29 is 5.11 Å². The quantitative estimate of drug-likeness (QED) is 0.755. The predicted octanol–water partition coefficient (Wildman–Crippen LogP) is 2.24. The number of aromatic nitrogens is 1. The van der Waals surface area contributed by atoms with Crippen molar-refractivity contribution in [3.63, 3.8) is 0 Å². The monoisotopic (exact) mass is 194 g/mol. The first-order valence-corrected chi connectivity index (χ1v) is 5.16. The van der Waals surface area contributed by atoms with Crippen LogP contribution in [0.5, 0.6) is 5.75 Å². The van der Waals surface area contributed by atoms with Gasteiger partial charge in [0.15, 0.2) is 0 Å². The van der Waals surface area contributed by atoms with Gasteiger partial charge in [0.05, 0.1) is 11.9 Å². The van der Waals surface area contributed by atoms with Crippen molar-refractivity contribution in [2.24, 2.45) is 0 Å². The van der Waals surface area contributed by atoms with E-state index in [1.54, 1.807) is 6.07 Å². The van der Waals surface area contributed by atoms with Gasteiger partial charge in [-0.15, -0.1) is 0 Å². The molecule has 0 saturated heterocycles. The maximum absolute atomic E-state index is 9.10. The van der Waals surface area contributed by atoms with Gasteiger partial charge < -0.3 is 10.4 Å². The molecule has 1 atom stereocenters. The molecule has 0 spiro atoms. The lowest BCUT2D eigenvalue weighted by molar-refractivity contribution is 0.467. The first-order valence-electron chi connectivity index (χ1n) is 5.16. The Labute approximate surface area is 85.2 Å². The van der Waals surface area contributed by atoms with Crippen LogP contribution in [0.15, 0.2) is 18.3 Å². The first-order chi connectivity index (χ1) is 6.77. The molecule has 0 aliphatic rings. The number of nitrogens with zero attached hydrogens (tertiary/aromatic N) is 1. The molecule has 0 radical (unpaired) electrons. The molecule has 3 heteroatoms. The van der Waals surface area contributed by atoms with Gasteiger partial charge in [0.1, 0.15) is 5.75 Å². The molecule has 0 aromatic carbocycles. The van der Waals surface area contributed by atoms with Gasteiger partial charge >= 0.3 is 0 Å². The fourth-order valence-corrected chi connectivity index (χ4v) is 1.38. The van der Waals surface area contributed by atoms with Crippen LogP contribution in [0.4, 0.5) is 0 Å². The average molecular weight is 194 g/mol. The minimum atomic E-state index is 0.221. The van der Waals surface area contributed by atoms with Crippen molar-refractivity contribution in [2.75, 3.05) is 6.54 Å². The zero-order chi connectivity index (χ0) is 10.4. The Hall–Kier alpha value is -1.09. The van der Waals surface area contributed by atoms with Crippen LogP contribution < -0.4 is 5.32 Å². The zero-order valence-corrected chi connectivity index (χ0v) is 8.83. The van der Waals surface area contributed by atoms with Crippen LogP contribution in [-0.4, -0.2) is 16.6 Å². The fourth-order valence-electron chi connectivity index (χ4n) is 1.38. The topological polar surface area (TPSA) is 45.1 Å². The smallest absolute Gasteiger partial charge is 0.133 e. The van der Waals surface area contributed by atoms with E-state index < -0.39 is 0 Å². The molecule has 0 amide bonds. The van der Waals surface area contributed by atoms with E-state index in [0.717, 1.165) is 25.1 Å². The summed E-state index contributed by atoms with van der Waals surface area (Å²) >= 11 is 0. The molecule has 0 saturated carbocycles. The van der Waals surface area contributed by atoms with E-state index in [1.807, 2.05) is 6.07 Å². The molecule has 1 aromatic rings. The summed E-state index contributed by atoms with van der Waals surface area (Å²) in [6.45, 7) is 5.27. The van der Waals surface area contributed by atoms with Crippen LogP contribution in [0.2, 0.25) is 0 Å². The summed E-state index contributed by atoms with van der Waals surface area (Å²) in [5, 5.41) is 12.5. The van der Waals surface area contributed by atoms with Gasteiger partial charge in [-0.3, -0.25) is 4.98 Å². The van der Waals surface area contributed by atoms with Gasteiger partial charge in [-0.25, -0.2) is 0 Å². The summed E-state index contributed by atoms with van der Waals surface area (Å²) in [5.74, 6) is 0.221. The minimum absolute atomic E-state index is 0.221. The van der Waals surface area contributed by atoms with Crippen LogP contribution in [0.3, 0.4) is 0 Å². The molecule has 1 rings (SSSR count). The maximum atomic E-state index is 9.10. The molecule has 78 valence electrons. The van der Waals surface area contributed by atoms with Crippen LogP contribution in [0.1, 0.15) is 38.4 Å². The largest absolute Gasteiger partial charge is 0.506 e. The molecule has 0 bridgehead atoms. The van der Waals surface area contributed by atoms with E-state index in [2.05, 4.69) is 24.1 Å². The highest BCUT2D eigenvalue weighted by atomic mass is 16.3. The average Bonchev–Trinajstić information content (AvgIpc) is 2.21. The van der Waals surface area contributed by atoms with Crippen molar-refractivity contribution in [3.05, 3.63) is 24.0 Å². The second-order valence-corrected chi connectivity index (χ2v) is 3.36. The predicted molar refractivity (Wildman–Crippen MR) is 57.2 cm³/mol. The molecule has 2 N–H and O–H groups in total. The molecule has 0 fully saturated rings. The Morgan fingerprint density at radius 3 is 2.71 bits per heavy atom. The molecular formula is C11H18N2O. The fraction of sp³-hybridized carbons (Fsp3) is 0.545. The van der Waals surface area contributed by atoms with E-state index in [4.69, 9.17) is 5.11 Å². The minimum Gasteiger partial charge on any atom is -0.506 e. The van der Waals surface area contributed by atoms with Crippen molar-refractivity contribution in [1.29, 1.82) is 0 Å². The molecule has 0 aliphatic carbocycles. The van der Waals surface area contributed by atoms with E-state index in [1.165, 1.54) is 6.20 Å². The van der Waals surface area contributed by atoms with Crippen molar-refractivity contribution in [1.82, 2.24) is 10.3 Å². The molecule has 1 aromatic heterocycles. The Bertz CT molecular complexity index is 258. The van der Waals surface area contributed by atoms with Crippen LogP contribution in [-0.2, 0) is 0 Å². The Morgan fingerprint density at radius 2 is 2.21 bits per heavy atom. The highest BCUT2D eigenvalue weighted by molar-refractivity contribution is 5.19. The lowest BCUT2D eigenvalue weighted by Gasteiger charge is -2.15. The highest BCUT2D eigenvalue weighted by Crippen LogP contribution is 2.16. The lowest BCUT2D eigenvalue weighted by Crippen LogP contribution is -2.22. The van der Waals surface area contributed by atoms with E-state index in [0.29, 0.717) is 6.04 Å². The summed E-state index contributed by atoms with van der Waals surface area (Å²) in [7, 11) is 0. The van der Waals surface area contributed by atoms with E-state index >= 15 is 0 Å². The zero-order valence-electron chi connectivity index (χ0n) is 8.83. The molecule has 1 heterocycles. The second kappa shape index (κ2) is 5.60. The summed E-state index contributed by atoms with van der Waals surface area (Å²) in [5.41, 5.74) is 0.999. The second-order valence-electron chi connectivity index (χ2n) is 3.36. The molecule has 14 heavy (non-hydrogen) atoms. The third-order valence-corrected chi connectivity index (χ3v) is 2.18. The summed E-state index contributed by atoms with van der Waals surface area (Å²) < 4.78 is 0. The van der Waals surface area contributed by atoms with Gasteiger partial charge in [0, 0.05) is 6.04 Å². The van der Waals surface area contributed by atoms with Crippen LogP contribution >= 0.6 is 0 Å². The van der Waals surface area contributed by atoms with Crippen LogP contribution in [0, 0.1) is 0 Å². The number of rotatable bonds is 5. The SMILES string of the molecule is CCCNC(CC)c1ccc(O)cn1. The number of pyridine rings is 1. The maximum Gasteiger partial charge on any atom is 0.133 e. The standard InChI is InChI=1S/C11H18N2O/c1-3-7-12-10(4-2)11-6-5-9(14)8-13-11/h5-6,8,10,12,14H,3-4,7H2,1-2H3. The van der Waals surface area contributed by atoms with Gasteiger partial charge in [-0.2, -0.15) is 0 Å². The van der Waals surface area contributed by atoms with Gasteiger partial charge in [-0.1, -0.05) is 13.8 Å². The van der Waals surface area contributed by atoms with Crippen molar-refractivity contribution in [3.8, 4) is 5.75 Å². The van der Waals surface area contributed by atoms with E-state index in [9.17, 15) is 0 Å². The first kappa shape index (κ1) is 11.0. The Balaban J connectivity index is 2.64. The van der Waals surface area contributed by atoms with Crippen molar-refractivity contribution in [2.45, 2.75) is 32.7 Å². The third kappa shape index (κ3) is 3.00. The molecule has 3 nitrogen and oxygen atoms in total. The Kier molecular flexibility index (Phi) is 4.40. The highest BCUT2D eigenvalue weighted by Gasteiger charge is 2.08.